The first kappa shape index (κ1) is 8.49. The molecule has 2 aliphatic rings. The van der Waals surface area contributed by atoms with E-state index in [-0.39, 0.29) is 0 Å². The van der Waals surface area contributed by atoms with Crippen LogP contribution in [0.25, 0.3) is 0 Å². The minimum absolute atomic E-state index is 0.370. The summed E-state index contributed by atoms with van der Waals surface area (Å²) in [5.74, 6) is 0. The molecule has 74 valence electrons. The molecule has 2 aliphatic carbocycles. The SMILES string of the molecule is NC1CCc2ccccc2C12CCC2. The molecule has 1 aromatic rings. The van der Waals surface area contributed by atoms with E-state index < -0.39 is 0 Å². The summed E-state index contributed by atoms with van der Waals surface area (Å²) in [7, 11) is 0. The van der Waals surface area contributed by atoms with Gasteiger partial charge in [0, 0.05) is 11.5 Å². The third-order valence-electron chi connectivity index (χ3n) is 4.23. The zero-order valence-corrected chi connectivity index (χ0v) is 8.50. The van der Waals surface area contributed by atoms with Gasteiger partial charge in [0.05, 0.1) is 0 Å². The Morgan fingerprint density at radius 2 is 2.00 bits per heavy atom. The maximum absolute atomic E-state index is 6.29. The number of aryl methyl sites for hydroxylation is 1. The van der Waals surface area contributed by atoms with Gasteiger partial charge in [0.25, 0.3) is 0 Å². The van der Waals surface area contributed by atoms with Crippen LogP contribution in [0, 0.1) is 0 Å². The van der Waals surface area contributed by atoms with Crippen molar-refractivity contribution in [1.82, 2.24) is 0 Å². The van der Waals surface area contributed by atoms with E-state index in [0.717, 1.165) is 0 Å². The summed E-state index contributed by atoms with van der Waals surface area (Å²) >= 11 is 0. The van der Waals surface area contributed by atoms with E-state index in [1.165, 1.54) is 32.1 Å². The van der Waals surface area contributed by atoms with Crippen molar-refractivity contribution in [3.63, 3.8) is 0 Å². The topological polar surface area (TPSA) is 26.0 Å². The molecule has 0 saturated heterocycles. The predicted molar refractivity (Wildman–Crippen MR) is 58.3 cm³/mol. The second-order valence-corrected chi connectivity index (χ2v) is 4.81. The number of nitrogens with two attached hydrogens (primary N) is 1. The van der Waals surface area contributed by atoms with Crippen LogP contribution in [-0.2, 0) is 11.8 Å². The molecule has 1 saturated carbocycles. The lowest BCUT2D eigenvalue weighted by atomic mass is 9.56. The molecule has 1 heteroatoms. The van der Waals surface area contributed by atoms with Crippen molar-refractivity contribution < 1.29 is 0 Å². The molecule has 14 heavy (non-hydrogen) atoms. The van der Waals surface area contributed by atoms with Gasteiger partial charge in [0.15, 0.2) is 0 Å². The smallest absolute Gasteiger partial charge is 0.0140 e. The summed E-state index contributed by atoms with van der Waals surface area (Å²) in [5.41, 5.74) is 9.77. The first-order valence-electron chi connectivity index (χ1n) is 5.67. The van der Waals surface area contributed by atoms with Crippen molar-refractivity contribution in [3.8, 4) is 0 Å². The lowest BCUT2D eigenvalue weighted by molar-refractivity contribution is 0.176. The van der Waals surface area contributed by atoms with Crippen molar-refractivity contribution >= 4 is 0 Å². The number of fused-ring (bicyclic) bond motifs is 2. The number of rotatable bonds is 0. The Balaban J connectivity index is 2.12. The molecule has 2 N–H and O–H groups in total. The van der Waals surface area contributed by atoms with Gasteiger partial charge in [-0.05, 0) is 36.8 Å². The first-order chi connectivity index (χ1) is 6.83. The zero-order valence-electron chi connectivity index (χ0n) is 8.50. The number of hydrogen-bond donors (Lipinski definition) is 1. The highest BCUT2D eigenvalue weighted by Crippen LogP contribution is 2.50. The van der Waals surface area contributed by atoms with Crippen LogP contribution in [-0.4, -0.2) is 6.04 Å². The lowest BCUT2D eigenvalue weighted by Crippen LogP contribution is -2.53. The second-order valence-electron chi connectivity index (χ2n) is 4.81. The normalized spacial score (nSPS) is 28.2. The molecule has 1 unspecified atom stereocenters. The van der Waals surface area contributed by atoms with Crippen LogP contribution in [0.4, 0.5) is 0 Å². The predicted octanol–water partition coefficient (Wildman–Crippen LogP) is 2.38. The van der Waals surface area contributed by atoms with Crippen molar-refractivity contribution in [3.05, 3.63) is 35.4 Å². The fourth-order valence-electron chi connectivity index (χ4n) is 3.21. The Morgan fingerprint density at radius 3 is 2.71 bits per heavy atom. The molecular formula is C13H17N. The third-order valence-corrected chi connectivity index (χ3v) is 4.23. The molecule has 0 amide bonds. The molecule has 0 radical (unpaired) electrons. The summed E-state index contributed by atoms with van der Waals surface area (Å²) in [5, 5.41) is 0. The van der Waals surface area contributed by atoms with Gasteiger partial charge in [0.1, 0.15) is 0 Å². The van der Waals surface area contributed by atoms with Crippen LogP contribution in [0.3, 0.4) is 0 Å². The Labute approximate surface area is 85.3 Å². The summed E-state index contributed by atoms with van der Waals surface area (Å²) < 4.78 is 0. The number of benzene rings is 1. The van der Waals surface area contributed by atoms with Crippen molar-refractivity contribution in [2.24, 2.45) is 5.73 Å². The van der Waals surface area contributed by atoms with E-state index in [0.29, 0.717) is 11.5 Å². The largest absolute Gasteiger partial charge is 0.327 e. The van der Waals surface area contributed by atoms with Gasteiger partial charge in [-0.2, -0.15) is 0 Å². The summed E-state index contributed by atoms with van der Waals surface area (Å²) in [6.45, 7) is 0. The van der Waals surface area contributed by atoms with Gasteiger partial charge in [-0.1, -0.05) is 30.7 Å². The average Bonchev–Trinajstić information content (AvgIpc) is 2.15. The minimum Gasteiger partial charge on any atom is -0.327 e. The van der Waals surface area contributed by atoms with E-state index >= 15 is 0 Å². The molecule has 0 bridgehead atoms. The third kappa shape index (κ3) is 0.936. The maximum Gasteiger partial charge on any atom is 0.0140 e. The van der Waals surface area contributed by atoms with Crippen LogP contribution >= 0.6 is 0 Å². The Hall–Kier alpha value is -0.820. The van der Waals surface area contributed by atoms with E-state index in [1.54, 1.807) is 11.1 Å². The van der Waals surface area contributed by atoms with Crippen molar-refractivity contribution in [2.75, 3.05) is 0 Å². The van der Waals surface area contributed by atoms with Crippen LogP contribution in [0.1, 0.15) is 36.8 Å². The monoisotopic (exact) mass is 187 g/mol. The second kappa shape index (κ2) is 2.83. The average molecular weight is 187 g/mol. The fraction of sp³-hybridized carbons (Fsp3) is 0.538. The molecule has 1 fully saturated rings. The first-order valence-corrected chi connectivity index (χ1v) is 5.67. The van der Waals surface area contributed by atoms with E-state index in [9.17, 15) is 0 Å². The fourth-order valence-corrected chi connectivity index (χ4v) is 3.21. The highest BCUT2D eigenvalue weighted by Gasteiger charge is 2.46. The maximum atomic E-state index is 6.29. The van der Waals surface area contributed by atoms with E-state index in [1.807, 2.05) is 0 Å². The van der Waals surface area contributed by atoms with Crippen LogP contribution in [0.15, 0.2) is 24.3 Å². The molecule has 3 rings (SSSR count). The summed E-state index contributed by atoms with van der Waals surface area (Å²) in [6.07, 6.45) is 6.34. The standard InChI is InChI=1S/C13H17N/c14-12-7-6-10-4-1-2-5-11(10)13(12)8-3-9-13/h1-2,4-5,12H,3,6-9,14H2. The molecule has 1 nitrogen and oxygen atoms in total. The van der Waals surface area contributed by atoms with Gasteiger partial charge >= 0.3 is 0 Å². The van der Waals surface area contributed by atoms with Gasteiger partial charge in [0.2, 0.25) is 0 Å². The van der Waals surface area contributed by atoms with Crippen LogP contribution in [0.5, 0.6) is 0 Å². The minimum atomic E-state index is 0.370. The molecule has 1 aromatic carbocycles. The summed E-state index contributed by atoms with van der Waals surface area (Å²) in [4.78, 5) is 0. The van der Waals surface area contributed by atoms with E-state index in [4.69, 9.17) is 5.73 Å². The van der Waals surface area contributed by atoms with Crippen molar-refractivity contribution in [1.29, 1.82) is 0 Å². The molecule has 1 atom stereocenters. The van der Waals surface area contributed by atoms with Gasteiger partial charge < -0.3 is 5.73 Å². The van der Waals surface area contributed by atoms with Gasteiger partial charge in [-0.25, -0.2) is 0 Å². The van der Waals surface area contributed by atoms with Gasteiger partial charge in [-0.15, -0.1) is 0 Å². The molecule has 0 heterocycles. The molecular weight excluding hydrogens is 170 g/mol. The Kier molecular flexibility index (Phi) is 1.72. The van der Waals surface area contributed by atoms with E-state index in [2.05, 4.69) is 24.3 Å². The van der Waals surface area contributed by atoms with Gasteiger partial charge in [-0.3, -0.25) is 0 Å². The quantitative estimate of drug-likeness (QED) is 0.663. The molecule has 1 spiro atoms. The Morgan fingerprint density at radius 1 is 1.21 bits per heavy atom. The molecule has 0 aliphatic heterocycles. The highest BCUT2D eigenvalue weighted by molar-refractivity contribution is 5.40. The highest BCUT2D eigenvalue weighted by atomic mass is 14.7. The lowest BCUT2D eigenvalue weighted by Gasteiger charge is -2.50. The Bertz CT molecular complexity index is 352. The molecule has 0 aromatic heterocycles. The van der Waals surface area contributed by atoms with Crippen molar-refractivity contribution in [2.45, 2.75) is 43.6 Å². The summed E-state index contributed by atoms with van der Waals surface area (Å²) in [6, 6.07) is 9.31. The van der Waals surface area contributed by atoms with Crippen LogP contribution < -0.4 is 5.73 Å². The number of hydrogen-bond acceptors (Lipinski definition) is 1. The zero-order chi connectivity index (χ0) is 9.60. The van der Waals surface area contributed by atoms with Crippen LogP contribution in [0.2, 0.25) is 0 Å².